The summed E-state index contributed by atoms with van der Waals surface area (Å²) in [5.41, 5.74) is 1.85. The molecular formula is C24H26N2O3S. The first-order valence-electron chi connectivity index (χ1n) is 10.2. The van der Waals surface area contributed by atoms with Gasteiger partial charge in [0.1, 0.15) is 0 Å². The molecule has 0 unspecified atom stereocenters. The second-order valence-corrected chi connectivity index (χ2v) is 10.1. The summed E-state index contributed by atoms with van der Waals surface area (Å²) in [5.74, 6) is 0.0409. The highest BCUT2D eigenvalue weighted by Gasteiger charge is 2.35. The Kier molecular flexibility index (Phi) is 5.88. The van der Waals surface area contributed by atoms with E-state index in [0.717, 1.165) is 16.6 Å². The van der Waals surface area contributed by atoms with Crippen molar-refractivity contribution in [1.82, 2.24) is 5.32 Å². The van der Waals surface area contributed by atoms with E-state index in [2.05, 4.69) is 35.6 Å². The Morgan fingerprint density at radius 3 is 2.43 bits per heavy atom. The van der Waals surface area contributed by atoms with E-state index in [-0.39, 0.29) is 36.0 Å². The number of carbonyl (C=O) groups excluding carboxylic acids is 1. The molecule has 0 saturated carbocycles. The first-order chi connectivity index (χ1) is 14.4. The third-order valence-corrected chi connectivity index (χ3v) is 7.46. The lowest BCUT2D eigenvalue weighted by molar-refractivity contribution is -0.118. The largest absolute Gasteiger partial charge is 0.307 e. The van der Waals surface area contributed by atoms with Gasteiger partial charge in [-0.15, -0.1) is 0 Å². The van der Waals surface area contributed by atoms with Gasteiger partial charge in [-0.25, -0.2) is 8.42 Å². The minimum absolute atomic E-state index is 0.0107. The zero-order valence-corrected chi connectivity index (χ0v) is 17.8. The molecule has 6 heteroatoms. The molecule has 0 aliphatic carbocycles. The Morgan fingerprint density at radius 2 is 1.73 bits per heavy atom. The van der Waals surface area contributed by atoms with Crippen LogP contribution in [0.15, 0.2) is 72.8 Å². The van der Waals surface area contributed by atoms with Crippen LogP contribution in [-0.2, 0) is 14.6 Å². The van der Waals surface area contributed by atoms with Crippen molar-refractivity contribution in [2.75, 3.05) is 23.0 Å². The van der Waals surface area contributed by atoms with Crippen LogP contribution in [0.5, 0.6) is 0 Å². The maximum absolute atomic E-state index is 13.2. The fourth-order valence-corrected chi connectivity index (χ4v) is 5.75. The molecular weight excluding hydrogens is 396 g/mol. The van der Waals surface area contributed by atoms with Crippen LogP contribution in [0.25, 0.3) is 10.8 Å². The van der Waals surface area contributed by atoms with Crippen molar-refractivity contribution in [3.05, 3.63) is 78.4 Å². The fourth-order valence-electron chi connectivity index (χ4n) is 4.05. The van der Waals surface area contributed by atoms with Crippen LogP contribution < -0.4 is 10.2 Å². The van der Waals surface area contributed by atoms with E-state index in [4.69, 9.17) is 0 Å². The van der Waals surface area contributed by atoms with Crippen molar-refractivity contribution >= 4 is 32.2 Å². The number of anilines is 1. The van der Waals surface area contributed by atoms with E-state index in [9.17, 15) is 13.2 Å². The molecule has 5 nitrogen and oxygen atoms in total. The van der Waals surface area contributed by atoms with E-state index < -0.39 is 9.84 Å². The summed E-state index contributed by atoms with van der Waals surface area (Å²) in [7, 11) is -3.09. The topological polar surface area (TPSA) is 66.5 Å². The van der Waals surface area contributed by atoms with Crippen molar-refractivity contribution in [3.8, 4) is 0 Å². The monoisotopic (exact) mass is 422 g/mol. The number of nitrogens with one attached hydrogen (secondary N) is 1. The van der Waals surface area contributed by atoms with Gasteiger partial charge in [-0.1, -0.05) is 54.6 Å². The highest BCUT2D eigenvalue weighted by Crippen LogP contribution is 2.25. The lowest BCUT2D eigenvalue weighted by Crippen LogP contribution is -2.46. The first-order valence-corrected chi connectivity index (χ1v) is 12.0. The molecule has 0 aromatic heterocycles. The van der Waals surface area contributed by atoms with Gasteiger partial charge in [0.25, 0.3) is 0 Å². The van der Waals surface area contributed by atoms with Gasteiger partial charge in [-0.2, -0.15) is 0 Å². The Bertz CT molecular complexity index is 1150. The average Bonchev–Trinajstić information content (AvgIpc) is 3.11. The Balaban J connectivity index is 1.49. The number of sulfone groups is 1. The molecule has 156 valence electrons. The van der Waals surface area contributed by atoms with Gasteiger partial charge in [-0.3, -0.25) is 4.79 Å². The number of nitrogens with zero attached hydrogens (tertiary/aromatic N) is 1. The molecule has 1 amide bonds. The normalized spacial score (nSPS) is 18.9. The number of benzene rings is 3. The van der Waals surface area contributed by atoms with Crippen molar-refractivity contribution in [2.45, 2.75) is 25.4 Å². The summed E-state index contributed by atoms with van der Waals surface area (Å²) >= 11 is 0. The minimum atomic E-state index is -3.09. The number of hydrogen-bond donors (Lipinski definition) is 1. The number of rotatable bonds is 6. The molecule has 1 aliphatic heterocycles. The van der Waals surface area contributed by atoms with Gasteiger partial charge in [0, 0.05) is 11.7 Å². The van der Waals surface area contributed by atoms with Crippen molar-refractivity contribution in [3.63, 3.8) is 0 Å². The molecule has 1 saturated heterocycles. The fraction of sp³-hybridized carbons (Fsp3) is 0.292. The van der Waals surface area contributed by atoms with Crippen LogP contribution in [0, 0.1) is 0 Å². The number of fused-ring (bicyclic) bond motifs is 1. The van der Waals surface area contributed by atoms with E-state index in [1.54, 1.807) is 4.90 Å². The summed E-state index contributed by atoms with van der Waals surface area (Å²) in [5, 5.41) is 5.66. The standard InChI is InChI=1S/C24H26N2O3S/c1-18(20-12-11-19-7-5-6-8-21(19)15-20)25-16-24(27)26(22-9-3-2-4-10-22)23-13-14-30(28,29)17-23/h2-12,15,18,23,25H,13-14,16-17H2,1H3/t18-,23+/m1/s1. The Labute approximate surface area is 177 Å². The smallest absolute Gasteiger partial charge is 0.241 e. The molecule has 0 radical (unpaired) electrons. The van der Waals surface area contributed by atoms with E-state index in [0.29, 0.717) is 6.42 Å². The van der Waals surface area contributed by atoms with Crippen molar-refractivity contribution < 1.29 is 13.2 Å². The molecule has 3 aromatic carbocycles. The van der Waals surface area contributed by atoms with Gasteiger partial charge >= 0.3 is 0 Å². The van der Waals surface area contributed by atoms with Gasteiger partial charge in [0.2, 0.25) is 5.91 Å². The Morgan fingerprint density at radius 1 is 1.03 bits per heavy atom. The summed E-state index contributed by atoms with van der Waals surface area (Å²) in [4.78, 5) is 14.8. The maximum atomic E-state index is 13.2. The van der Waals surface area contributed by atoms with Crippen LogP contribution in [0.3, 0.4) is 0 Å². The molecule has 1 heterocycles. The Hall–Kier alpha value is -2.70. The maximum Gasteiger partial charge on any atom is 0.241 e. The zero-order chi connectivity index (χ0) is 21.1. The molecule has 1 N–H and O–H groups in total. The summed E-state index contributed by atoms with van der Waals surface area (Å²) in [6.07, 6.45) is 0.475. The lowest BCUT2D eigenvalue weighted by Gasteiger charge is -2.29. The van der Waals surface area contributed by atoms with E-state index >= 15 is 0 Å². The van der Waals surface area contributed by atoms with Gasteiger partial charge in [0.15, 0.2) is 9.84 Å². The summed E-state index contributed by atoms with van der Waals surface area (Å²) in [6.45, 7) is 2.17. The van der Waals surface area contributed by atoms with Crippen LogP contribution in [0.1, 0.15) is 24.9 Å². The first kappa shape index (κ1) is 20.6. The summed E-state index contributed by atoms with van der Waals surface area (Å²) in [6, 6.07) is 23.5. The third-order valence-electron chi connectivity index (χ3n) is 5.71. The zero-order valence-electron chi connectivity index (χ0n) is 17.0. The van der Waals surface area contributed by atoms with Crippen molar-refractivity contribution in [2.24, 2.45) is 0 Å². The van der Waals surface area contributed by atoms with Gasteiger partial charge in [0.05, 0.1) is 24.1 Å². The predicted octanol–water partition coefficient (Wildman–Crippen LogP) is 3.71. The molecule has 1 aliphatic rings. The van der Waals surface area contributed by atoms with Gasteiger partial charge in [-0.05, 0) is 47.9 Å². The van der Waals surface area contributed by atoms with E-state index in [1.807, 2.05) is 49.4 Å². The second-order valence-electron chi connectivity index (χ2n) is 7.87. The number of hydrogen-bond acceptors (Lipinski definition) is 4. The highest BCUT2D eigenvalue weighted by atomic mass is 32.2. The quantitative estimate of drug-likeness (QED) is 0.658. The lowest BCUT2D eigenvalue weighted by atomic mass is 10.0. The predicted molar refractivity (Wildman–Crippen MR) is 121 cm³/mol. The molecule has 1 fully saturated rings. The van der Waals surface area contributed by atoms with Crippen molar-refractivity contribution in [1.29, 1.82) is 0 Å². The third kappa shape index (κ3) is 4.55. The van der Waals surface area contributed by atoms with Crippen LogP contribution >= 0.6 is 0 Å². The van der Waals surface area contributed by atoms with Crippen LogP contribution in [0.2, 0.25) is 0 Å². The SMILES string of the molecule is C[C@@H](NCC(=O)N(c1ccccc1)[C@H]1CCS(=O)(=O)C1)c1ccc2ccccc2c1. The molecule has 0 spiro atoms. The summed E-state index contributed by atoms with van der Waals surface area (Å²) < 4.78 is 24.0. The minimum Gasteiger partial charge on any atom is -0.307 e. The van der Waals surface area contributed by atoms with Crippen LogP contribution in [-0.4, -0.2) is 38.4 Å². The number of carbonyl (C=O) groups is 1. The van der Waals surface area contributed by atoms with Gasteiger partial charge < -0.3 is 10.2 Å². The number of para-hydroxylation sites is 1. The highest BCUT2D eigenvalue weighted by molar-refractivity contribution is 7.91. The molecule has 2 atom stereocenters. The molecule has 3 aromatic rings. The molecule has 4 rings (SSSR count). The average molecular weight is 423 g/mol. The molecule has 0 bridgehead atoms. The molecule has 30 heavy (non-hydrogen) atoms. The van der Waals surface area contributed by atoms with Crippen LogP contribution in [0.4, 0.5) is 5.69 Å². The second kappa shape index (κ2) is 8.58. The number of amides is 1. The van der Waals surface area contributed by atoms with E-state index in [1.165, 1.54) is 5.39 Å².